The van der Waals surface area contributed by atoms with Crippen molar-refractivity contribution in [3.8, 4) is 0 Å². The molecule has 2 aromatic rings. The first-order chi connectivity index (χ1) is 15.0. The Morgan fingerprint density at radius 3 is 2.53 bits per heavy atom. The molecule has 1 aliphatic rings. The van der Waals surface area contributed by atoms with Gasteiger partial charge in [-0.15, -0.1) is 24.0 Å². The third-order valence-electron chi connectivity index (χ3n) is 5.09. The minimum atomic E-state index is 0. The highest BCUT2D eigenvalue weighted by Crippen LogP contribution is 2.15. The summed E-state index contributed by atoms with van der Waals surface area (Å²) >= 11 is 0. The second-order valence-electron chi connectivity index (χ2n) is 7.91. The highest BCUT2D eigenvalue weighted by atomic mass is 127. The van der Waals surface area contributed by atoms with Crippen LogP contribution in [0.3, 0.4) is 0 Å². The second-order valence-corrected chi connectivity index (χ2v) is 7.91. The van der Waals surface area contributed by atoms with Crippen molar-refractivity contribution in [2.45, 2.75) is 52.5 Å². The van der Waals surface area contributed by atoms with E-state index in [0.717, 1.165) is 37.6 Å². The highest BCUT2D eigenvalue weighted by Gasteiger charge is 2.26. The van der Waals surface area contributed by atoms with Crippen molar-refractivity contribution < 1.29 is 9.53 Å². The Hall–Kier alpha value is -2.14. The van der Waals surface area contributed by atoms with Gasteiger partial charge in [0.25, 0.3) is 5.91 Å². The molecule has 2 atom stereocenters. The van der Waals surface area contributed by atoms with E-state index in [1.54, 1.807) is 6.20 Å². The molecule has 0 radical (unpaired) electrons. The molecule has 32 heavy (non-hydrogen) atoms. The predicted molar refractivity (Wildman–Crippen MR) is 137 cm³/mol. The van der Waals surface area contributed by atoms with Crippen LogP contribution in [0.5, 0.6) is 0 Å². The first-order valence-corrected chi connectivity index (χ1v) is 11.1. The van der Waals surface area contributed by atoms with Crippen LogP contribution in [-0.2, 0) is 17.8 Å². The summed E-state index contributed by atoms with van der Waals surface area (Å²) in [6.07, 6.45) is 4.85. The summed E-state index contributed by atoms with van der Waals surface area (Å²) in [7, 11) is 0. The van der Waals surface area contributed by atoms with E-state index in [9.17, 15) is 4.79 Å². The largest absolute Gasteiger partial charge is 0.372 e. The Labute approximate surface area is 207 Å². The van der Waals surface area contributed by atoms with E-state index < -0.39 is 0 Å². The van der Waals surface area contributed by atoms with Crippen LogP contribution in [0.2, 0.25) is 0 Å². The maximum absolute atomic E-state index is 12.8. The van der Waals surface area contributed by atoms with Crippen molar-refractivity contribution in [2.75, 3.05) is 26.2 Å². The van der Waals surface area contributed by atoms with Crippen LogP contribution >= 0.6 is 24.0 Å². The van der Waals surface area contributed by atoms with Crippen molar-refractivity contribution in [1.29, 1.82) is 0 Å². The van der Waals surface area contributed by atoms with Crippen LogP contribution < -0.4 is 10.6 Å². The van der Waals surface area contributed by atoms with E-state index in [4.69, 9.17) is 4.74 Å². The van der Waals surface area contributed by atoms with Crippen LogP contribution in [0.25, 0.3) is 0 Å². The molecule has 2 heterocycles. The van der Waals surface area contributed by atoms with E-state index in [1.807, 2.05) is 60.0 Å². The van der Waals surface area contributed by atoms with Crippen LogP contribution in [0.15, 0.2) is 47.7 Å². The number of nitrogens with one attached hydrogen (secondary N) is 2. The van der Waals surface area contributed by atoms with Crippen molar-refractivity contribution in [1.82, 2.24) is 25.3 Å². The fraction of sp³-hybridized carbons (Fsp3) is 0.522. The van der Waals surface area contributed by atoms with Gasteiger partial charge in [0.2, 0.25) is 0 Å². The molecule has 1 fully saturated rings. The number of aromatic nitrogens is 2. The third kappa shape index (κ3) is 8.09. The van der Waals surface area contributed by atoms with Gasteiger partial charge in [-0.2, -0.15) is 5.10 Å². The molecule has 3 rings (SSSR count). The molecule has 0 spiro atoms. The standard InChI is InChI=1S/C23H34N6O2.HI/c1-4-24-23(25-11-5-13-29-14-6-12-27-29)26-15-20-7-9-21(10-8-20)22(30)28-16-18(2)31-19(3)17-28;/h6-10,12,14,18-19H,4-5,11,13,15-17H2,1-3H3,(H2,24,25,26);1H. The van der Waals surface area contributed by atoms with Gasteiger partial charge in [-0.3, -0.25) is 9.48 Å². The topological polar surface area (TPSA) is 83.8 Å². The smallest absolute Gasteiger partial charge is 0.254 e. The van der Waals surface area contributed by atoms with Gasteiger partial charge in [0.15, 0.2) is 5.96 Å². The molecule has 1 aromatic heterocycles. The first kappa shape index (κ1) is 26.1. The van der Waals surface area contributed by atoms with Crippen LogP contribution in [0.4, 0.5) is 0 Å². The zero-order chi connectivity index (χ0) is 22.1. The zero-order valence-electron chi connectivity index (χ0n) is 19.2. The summed E-state index contributed by atoms with van der Waals surface area (Å²) in [6, 6.07) is 9.67. The Balaban J connectivity index is 0.00000363. The maximum Gasteiger partial charge on any atom is 0.254 e. The van der Waals surface area contributed by atoms with Crippen molar-refractivity contribution in [3.63, 3.8) is 0 Å². The SMILES string of the molecule is CCNC(=NCc1ccc(C(=O)N2CC(C)OC(C)C2)cc1)NCCCn1cccn1.I. The number of carbonyl (C=O) groups excluding carboxylic acids is 1. The molecule has 0 aliphatic carbocycles. The Bertz CT molecular complexity index is 831. The summed E-state index contributed by atoms with van der Waals surface area (Å²) in [5.74, 6) is 0.851. The van der Waals surface area contributed by atoms with Crippen LogP contribution in [-0.4, -0.2) is 64.9 Å². The van der Waals surface area contributed by atoms with Gasteiger partial charge in [0.1, 0.15) is 0 Å². The molecule has 2 unspecified atom stereocenters. The molecule has 9 heteroatoms. The summed E-state index contributed by atoms with van der Waals surface area (Å²) in [4.78, 5) is 19.3. The summed E-state index contributed by atoms with van der Waals surface area (Å²) in [6.45, 7) is 10.4. The van der Waals surface area contributed by atoms with E-state index in [-0.39, 0.29) is 42.1 Å². The summed E-state index contributed by atoms with van der Waals surface area (Å²) in [5, 5.41) is 10.8. The van der Waals surface area contributed by atoms with Gasteiger partial charge < -0.3 is 20.3 Å². The maximum atomic E-state index is 12.8. The lowest BCUT2D eigenvalue weighted by Gasteiger charge is -2.35. The average molecular weight is 554 g/mol. The lowest BCUT2D eigenvalue weighted by molar-refractivity contribution is -0.0586. The van der Waals surface area contributed by atoms with Gasteiger partial charge in [-0.1, -0.05) is 12.1 Å². The van der Waals surface area contributed by atoms with Gasteiger partial charge in [-0.05, 0) is 51.0 Å². The monoisotopic (exact) mass is 554 g/mol. The molecule has 1 amide bonds. The number of aliphatic imine (C=N–C) groups is 1. The molecule has 1 aromatic carbocycles. The van der Waals surface area contributed by atoms with Gasteiger partial charge in [0, 0.05) is 50.7 Å². The number of morpholine rings is 1. The number of benzene rings is 1. The summed E-state index contributed by atoms with van der Waals surface area (Å²) < 4.78 is 7.65. The number of carbonyl (C=O) groups is 1. The number of rotatable bonds is 8. The van der Waals surface area contributed by atoms with Crippen LogP contribution in [0, 0.1) is 0 Å². The number of hydrogen-bond acceptors (Lipinski definition) is 4. The molecule has 1 saturated heterocycles. The molecular weight excluding hydrogens is 519 g/mol. The molecule has 176 valence electrons. The molecule has 0 bridgehead atoms. The molecule has 8 nitrogen and oxygen atoms in total. The van der Waals surface area contributed by atoms with Gasteiger partial charge in [0.05, 0.1) is 18.8 Å². The van der Waals surface area contributed by atoms with E-state index in [0.29, 0.717) is 25.2 Å². The lowest BCUT2D eigenvalue weighted by Crippen LogP contribution is -2.48. The third-order valence-corrected chi connectivity index (χ3v) is 5.09. The number of guanidine groups is 1. The number of nitrogens with zero attached hydrogens (tertiary/aromatic N) is 4. The number of aryl methyl sites for hydroxylation is 1. The Morgan fingerprint density at radius 2 is 1.91 bits per heavy atom. The first-order valence-electron chi connectivity index (χ1n) is 11.1. The molecule has 0 saturated carbocycles. The minimum Gasteiger partial charge on any atom is -0.372 e. The quantitative estimate of drug-likeness (QED) is 0.227. The normalized spacial score (nSPS) is 18.7. The molecule has 1 aliphatic heterocycles. The minimum absolute atomic E-state index is 0. The zero-order valence-corrected chi connectivity index (χ0v) is 21.5. The molecular formula is C23H35IN6O2. The molecule has 2 N–H and O–H groups in total. The number of halogens is 1. The van der Waals surface area contributed by atoms with E-state index in [2.05, 4.69) is 27.6 Å². The number of amides is 1. The Kier molecular flexibility index (Phi) is 10.9. The van der Waals surface area contributed by atoms with Crippen molar-refractivity contribution in [2.24, 2.45) is 4.99 Å². The van der Waals surface area contributed by atoms with Gasteiger partial charge in [-0.25, -0.2) is 4.99 Å². The predicted octanol–water partition coefficient (Wildman–Crippen LogP) is 2.90. The number of ether oxygens (including phenoxy) is 1. The second kappa shape index (κ2) is 13.4. The Morgan fingerprint density at radius 1 is 1.19 bits per heavy atom. The van der Waals surface area contributed by atoms with E-state index in [1.165, 1.54) is 0 Å². The fourth-order valence-corrected chi connectivity index (χ4v) is 3.67. The summed E-state index contributed by atoms with van der Waals surface area (Å²) in [5.41, 5.74) is 1.77. The highest BCUT2D eigenvalue weighted by molar-refractivity contribution is 14.0. The number of hydrogen-bond donors (Lipinski definition) is 2. The van der Waals surface area contributed by atoms with Crippen LogP contribution in [0.1, 0.15) is 43.1 Å². The van der Waals surface area contributed by atoms with E-state index >= 15 is 0 Å². The van der Waals surface area contributed by atoms with Gasteiger partial charge >= 0.3 is 0 Å². The lowest BCUT2D eigenvalue weighted by atomic mass is 10.1. The fourth-order valence-electron chi connectivity index (χ4n) is 3.67. The van der Waals surface area contributed by atoms with Crippen molar-refractivity contribution in [3.05, 3.63) is 53.9 Å². The average Bonchev–Trinajstić information content (AvgIpc) is 3.27. The van der Waals surface area contributed by atoms with Crippen molar-refractivity contribution >= 4 is 35.8 Å².